The fourth-order valence-corrected chi connectivity index (χ4v) is 2.91. The van der Waals surface area contributed by atoms with Gasteiger partial charge in [0, 0.05) is 24.9 Å². The topological polar surface area (TPSA) is 65.4 Å². The minimum atomic E-state index is -0.647. The van der Waals surface area contributed by atoms with Gasteiger partial charge in [0.1, 0.15) is 11.5 Å². The lowest BCUT2D eigenvalue weighted by atomic mass is 10.0. The van der Waals surface area contributed by atoms with Crippen molar-refractivity contribution in [2.45, 2.75) is 26.3 Å². The number of rotatable bonds is 4. The molecule has 0 unspecified atom stereocenters. The van der Waals surface area contributed by atoms with E-state index in [4.69, 9.17) is 4.74 Å². The van der Waals surface area contributed by atoms with Crippen molar-refractivity contribution in [1.82, 2.24) is 4.57 Å². The molecule has 124 valence electrons. The number of pyridine rings is 1. The van der Waals surface area contributed by atoms with Gasteiger partial charge in [-0.3, -0.25) is 9.59 Å². The van der Waals surface area contributed by atoms with Crippen LogP contribution in [0.5, 0.6) is 0 Å². The molecule has 2 heterocycles. The number of ether oxygens (including phenoxy) is 1. The van der Waals surface area contributed by atoms with Gasteiger partial charge in [-0.25, -0.2) is 9.18 Å². The average Bonchev–Trinajstić information content (AvgIpc) is 2.94. The largest absolute Gasteiger partial charge is 0.462 e. The number of halogens is 1. The molecule has 24 heavy (non-hydrogen) atoms. The lowest BCUT2D eigenvalue weighted by Crippen LogP contribution is -2.27. The summed E-state index contributed by atoms with van der Waals surface area (Å²) in [6.07, 6.45) is 0.219. The summed E-state index contributed by atoms with van der Waals surface area (Å²) in [7, 11) is 0. The average molecular weight is 329 g/mol. The van der Waals surface area contributed by atoms with Gasteiger partial charge in [-0.05, 0) is 24.6 Å². The zero-order chi connectivity index (χ0) is 17.3. The lowest BCUT2D eigenvalue weighted by Gasteiger charge is -2.12. The SMILES string of the molecule is CCOC(=O)c1cc(Cc2ccccc2F)c(=O)n2c1C(=O)CC2. The molecule has 0 spiro atoms. The van der Waals surface area contributed by atoms with Gasteiger partial charge in [-0.15, -0.1) is 0 Å². The highest BCUT2D eigenvalue weighted by atomic mass is 19.1. The predicted octanol–water partition coefficient (Wildman–Crippen LogP) is 2.34. The second kappa shape index (κ2) is 6.39. The van der Waals surface area contributed by atoms with E-state index in [0.717, 1.165) is 0 Å². The van der Waals surface area contributed by atoms with E-state index in [-0.39, 0.29) is 54.2 Å². The monoisotopic (exact) mass is 329 g/mol. The van der Waals surface area contributed by atoms with Crippen LogP contribution in [0.4, 0.5) is 4.39 Å². The molecule has 6 heteroatoms. The first-order chi connectivity index (χ1) is 11.5. The Kier molecular flexibility index (Phi) is 4.29. The maximum absolute atomic E-state index is 13.9. The second-order valence-corrected chi connectivity index (χ2v) is 5.55. The molecule has 0 aliphatic carbocycles. The molecule has 5 nitrogen and oxygen atoms in total. The molecule has 1 aromatic carbocycles. The van der Waals surface area contributed by atoms with Crippen LogP contribution in [0.2, 0.25) is 0 Å². The molecular formula is C18H16FNO4. The fraction of sp³-hybridized carbons (Fsp3) is 0.278. The number of esters is 1. The highest BCUT2D eigenvalue weighted by Crippen LogP contribution is 2.21. The number of carbonyl (C=O) groups is 2. The van der Waals surface area contributed by atoms with E-state index < -0.39 is 11.8 Å². The maximum Gasteiger partial charge on any atom is 0.340 e. The molecule has 0 radical (unpaired) electrons. The van der Waals surface area contributed by atoms with Gasteiger partial charge in [0.2, 0.25) is 0 Å². The van der Waals surface area contributed by atoms with Crippen molar-refractivity contribution in [2.75, 3.05) is 6.61 Å². The predicted molar refractivity (Wildman–Crippen MR) is 84.8 cm³/mol. The van der Waals surface area contributed by atoms with Crippen molar-refractivity contribution in [3.8, 4) is 0 Å². The Morgan fingerprint density at radius 3 is 2.71 bits per heavy atom. The Labute approximate surface area is 137 Å². The van der Waals surface area contributed by atoms with Gasteiger partial charge in [0.05, 0.1) is 12.2 Å². The van der Waals surface area contributed by atoms with Crippen LogP contribution < -0.4 is 5.56 Å². The van der Waals surface area contributed by atoms with Gasteiger partial charge in [0.15, 0.2) is 5.78 Å². The molecule has 1 aliphatic heterocycles. The first-order valence-electron chi connectivity index (χ1n) is 7.73. The van der Waals surface area contributed by atoms with Crippen molar-refractivity contribution in [3.05, 3.63) is 68.9 Å². The van der Waals surface area contributed by atoms with Gasteiger partial charge in [-0.1, -0.05) is 18.2 Å². The third-order valence-corrected chi connectivity index (χ3v) is 4.02. The molecule has 0 saturated heterocycles. The first-order valence-corrected chi connectivity index (χ1v) is 7.73. The Morgan fingerprint density at radius 2 is 2.00 bits per heavy atom. The minimum Gasteiger partial charge on any atom is -0.462 e. The van der Waals surface area contributed by atoms with Gasteiger partial charge < -0.3 is 9.30 Å². The molecular weight excluding hydrogens is 313 g/mol. The summed E-state index contributed by atoms with van der Waals surface area (Å²) in [5, 5.41) is 0. The van der Waals surface area contributed by atoms with Crippen LogP contribution in [0.3, 0.4) is 0 Å². The van der Waals surface area contributed by atoms with E-state index >= 15 is 0 Å². The summed E-state index contributed by atoms with van der Waals surface area (Å²) >= 11 is 0. The Bertz CT molecular complexity index is 885. The van der Waals surface area contributed by atoms with Crippen molar-refractivity contribution in [1.29, 1.82) is 0 Å². The van der Waals surface area contributed by atoms with Crippen LogP contribution in [0.15, 0.2) is 35.1 Å². The van der Waals surface area contributed by atoms with Crippen molar-refractivity contribution in [2.24, 2.45) is 0 Å². The molecule has 1 aliphatic rings. The Balaban J connectivity index is 2.13. The number of fused-ring (bicyclic) bond motifs is 1. The zero-order valence-corrected chi connectivity index (χ0v) is 13.2. The minimum absolute atomic E-state index is 0.0480. The summed E-state index contributed by atoms with van der Waals surface area (Å²) in [6, 6.07) is 7.51. The van der Waals surface area contributed by atoms with E-state index in [2.05, 4.69) is 0 Å². The molecule has 0 saturated carbocycles. The third-order valence-electron chi connectivity index (χ3n) is 4.02. The quantitative estimate of drug-likeness (QED) is 0.808. The molecule has 0 N–H and O–H groups in total. The van der Waals surface area contributed by atoms with Crippen LogP contribution in [0, 0.1) is 5.82 Å². The van der Waals surface area contributed by atoms with Crippen LogP contribution in [0.1, 0.15) is 45.3 Å². The normalized spacial score (nSPS) is 13.0. The summed E-state index contributed by atoms with van der Waals surface area (Å²) in [4.78, 5) is 36.8. The van der Waals surface area contributed by atoms with Crippen LogP contribution in [-0.4, -0.2) is 22.9 Å². The van der Waals surface area contributed by atoms with E-state index in [0.29, 0.717) is 5.56 Å². The smallest absolute Gasteiger partial charge is 0.340 e. The maximum atomic E-state index is 13.9. The Hall–Kier alpha value is -2.76. The number of benzene rings is 1. The zero-order valence-electron chi connectivity index (χ0n) is 13.2. The standard InChI is InChI=1S/C18H16FNO4/c1-2-24-18(23)13-10-12(9-11-5-3-4-6-14(11)19)17(22)20-8-7-15(21)16(13)20/h3-6,10H,2,7-9H2,1H3. The van der Waals surface area contributed by atoms with Gasteiger partial charge >= 0.3 is 5.97 Å². The van der Waals surface area contributed by atoms with E-state index in [1.165, 1.54) is 16.7 Å². The summed E-state index contributed by atoms with van der Waals surface area (Å²) in [6.45, 7) is 2.05. The van der Waals surface area contributed by atoms with Gasteiger partial charge in [0.25, 0.3) is 5.56 Å². The molecule has 0 amide bonds. The molecule has 3 rings (SSSR count). The highest BCUT2D eigenvalue weighted by Gasteiger charge is 2.29. The number of hydrogen-bond acceptors (Lipinski definition) is 4. The lowest BCUT2D eigenvalue weighted by molar-refractivity contribution is 0.0522. The summed E-state index contributed by atoms with van der Waals surface area (Å²) in [5.74, 6) is -1.32. The number of Topliss-reactive ketones (excluding diaryl/α,β-unsaturated/α-hetero) is 1. The van der Waals surface area contributed by atoms with E-state index in [9.17, 15) is 18.8 Å². The van der Waals surface area contributed by atoms with Crippen LogP contribution >= 0.6 is 0 Å². The van der Waals surface area contributed by atoms with Gasteiger partial charge in [-0.2, -0.15) is 0 Å². The molecule has 0 atom stereocenters. The summed E-state index contributed by atoms with van der Waals surface area (Å²) < 4.78 is 20.2. The van der Waals surface area contributed by atoms with E-state index in [1.54, 1.807) is 25.1 Å². The van der Waals surface area contributed by atoms with Crippen LogP contribution in [-0.2, 0) is 17.7 Å². The fourth-order valence-electron chi connectivity index (χ4n) is 2.91. The number of nitrogens with zero attached hydrogens (tertiary/aromatic N) is 1. The van der Waals surface area contributed by atoms with E-state index in [1.807, 2.05) is 0 Å². The van der Waals surface area contributed by atoms with Crippen molar-refractivity contribution >= 4 is 11.8 Å². The molecule has 0 fully saturated rings. The molecule has 1 aromatic heterocycles. The first kappa shape index (κ1) is 16.1. The Morgan fingerprint density at radius 1 is 1.25 bits per heavy atom. The van der Waals surface area contributed by atoms with Crippen LogP contribution in [0.25, 0.3) is 0 Å². The number of aromatic nitrogens is 1. The molecule has 2 aromatic rings. The number of hydrogen-bond donors (Lipinski definition) is 0. The summed E-state index contributed by atoms with van der Waals surface area (Å²) in [5.41, 5.74) is 0.420. The highest BCUT2D eigenvalue weighted by molar-refractivity contribution is 6.06. The molecule has 0 bridgehead atoms. The van der Waals surface area contributed by atoms with Crippen molar-refractivity contribution < 1.29 is 18.7 Å². The third kappa shape index (κ3) is 2.75. The van der Waals surface area contributed by atoms with Crippen molar-refractivity contribution in [3.63, 3.8) is 0 Å². The number of carbonyl (C=O) groups excluding carboxylic acids is 2. The number of ketones is 1. The second-order valence-electron chi connectivity index (χ2n) is 5.55.